The second-order valence-corrected chi connectivity index (χ2v) is 9.20. The minimum absolute atomic E-state index is 0.0273. The molecule has 1 N–H and O–H groups in total. The number of ether oxygens (including phenoxy) is 1. The van der Waals surface area contributed by atoms with E-state index in [1.165, 1.54) is 35.2 Å². The van der Waals surface area contributed by atoms with Crippen molar-refractivity contribution in [1.82, 2.24) is 4.98 Å². The molecule has 1 amide bonds. The molecule has 0 fully saturated rings. The summed E-state index contributed by atoms with van der Waals surface area (Å²) in [5, 5.41) is 10.6. The fourth-order valence-electron chi connectivity index (χ4n) is 3.99. The van der Waals surface area contributed by atoms with Crippen molar-refractivity contribution in [3.8, 4) is 5.75 Å². The third-order valence-corrected chi connectivity index (χ3v) is 6.92. The molecule has 1 aliphatic heterocycles. The number of benzene rings is 2. The van der Waals surface area contributed by atoms with Gasteiger partial charge in [0.05, 0.1) is 22.7 Å². The number of halogens is 1. The van der Waals surface area contributed by atoms with E-state index in [0.29, 0.717) is 16.3 Å². The predicted molar refractivity (Wildman–Crippen MR) is 132 cm³/mol. The number of carbonyl (C=O) groups is 2. The van der Waals surface area contributed by atoms with E-state index in [1.54, 1.807) is 25.1 Å². The molecule has 1 unspecified atom stereocenters. The van der Waals surface area contributed by atoms with E-state index in [1.807, 2.05) is 0 Å². The number of hydrogen-bond acceptors (Lipinski definition) is 8. The molecule has 1 atom stereocenters. The van der Waals surface area contributed by atoms with Crippen LogP contribution in [-0.4, -0.2) is 28.6 Å². The topological polar surface area (TPSA) is 110 Å². The number of hydrogen-bond donors (Lipinski definition) is 1. The molecule has 0 saturated heterocycles. The average molecular weight is 509 g/mol. The van der Waals surface area contributed by atoms with Gasteiger partial charge in [0.25, 0.3) is 5.91 Å². The summed E-state index contributed by atoms with van der Waals surface area (Å²) >= 11 is 7.08. The van der Waals surface area contributed by atoms with Gasteiger partial charge < -0.3 is 14.3 Å². The number of aromatic nitrogens is 1. The molecule has 0 spiro atoms. The number of aryl methyl sites for hydroxylation is 1. The van der Waals surface area contributed by atoms with Crippen LogP contribution < -0.4 is 10.3 Å². The van der Waals surface area contributed by atoms with Crippen LogP contribution in [0.2, 0.25) is 5.02 Å². The molecule has 10 heteroatoms. The Labute approximate surface area is 207 Å². The summed E-state index contributed by atoms with van der Waals surface area (Å²) in [6.07, 6.45) is 1.45. The Kier molecular flexibility index (Phi) is 5.66. The van der Waals surface area contributed by atoms with Crippen molar-refractivity contribution in [3.05, 3.63) is 97.8 Å². The van der Waals surface area contributed by atoms with Crippen LogP contribution in [-0.2, 0) is 4.74 Å². The first-order chi connectivity index (χ1) is 16.8. The van der Waals surface area contributed by atoms with E-state index in [9.17, 15) is 19.5 Å². The fraction of sp³-hybridized carbons (Fsp3) is 0.120. The van der Waals surface area contributed by atoms with Gasteiger partial charge in [-0.15, -0.1) is 0 Å². The third kappa shape index (κ3) is 3.78. The Morgan fingerprint density at radius 3 is 2.74 bits per heavy atom. The number of amides is 1. The predicted octanol–water partition coefficient (Wildman–Crippen LogP) is 5.01. The highest BCUT2D eigenvalue weighted by molar-refractivity contribution is 7.17. The smallest absolute Gasteiger partial charge is 0.350 e. The van der Waals surface area contributed by atoms with Crippen LogP contribution >= 0.6 is 22.9 Å². The standard InChI is InChI=1S/C25H17ClN2O6S/c1-3-10-33-24(32)22-12(2)27-25(35-22)28-19(13-4-7-15(29)8-5-13)18-20(30)16-11-14(26)6-9-17(16)34-21(18)23(28)31/h3-9,11,19,29H,1,10H2,2H3. The number of fused-ring (bicyclic) bond motifs is 2. The molecular formula is C25H17ClN2O6S. The van der Waals surface area contributed by atoms with Gasteiger partial charge in [-0.1, -0.05) is 47.7 Å². The molecule has 0 bridgehead atoms. The molecule has 4 aromatic rings. The van der Waals surface area contributed by atoms with Crippen LogP contribution in [0.4, 0.5) is 5.13 Å². The average Bonchev–Trinajstić information content (AvgIpc) is 3.36. The lowest BCUT2D eigenvalue weighted by Gasteiger charge is -2.22. The molecule has 1 aliphatic rings. The number of anilines is 1. The highest BCUT2D eigenvalue weighted by Crippen LogP contribution is 2.43. The minimum Gasteiger partial charge on any atom is -0.508 e. The second kappa shape index (κ2) is 8.68. The first-order valence-corrected chi connectivity index (χ1v) is 11.6. The number of aromatic hydroxyl groups is 1. The zero-order valence-corrected chi connectivity index (χ0v) is 19.9. The van der Waals surface area contributed by atoms with Gasteiger partial charge in [-0.3, -0.25) is 14.5 Å². The number of thiazole rings is 1. The number of rotatable bonds is 5. The first-order valence-electron chi connectivity index (χ1n) is 10.4. The quantitative estimate of drug-likeness (QED) is 0.298. The van der Waals surface area contributed by atoms with Crippen LogP contribution in [0.15, 0.2) is 64.3 Å². The van der Waals surface area contributed by atoms with E-state index in [0.717, 1.165) is 11.3 Å². The summed E-state index contributed by atoms with van der Waals surface area (Å²) in [6, 6.07) is 9.83. The second-order valence-electron chi connectivity index (χ2n) is 7.78. The summed E-state index contributed by atoms with van der Waals surface area (Å²) in [5.74, 6) is -1.26. The lowest BCUT2D eigenvalue weighted by molar-refractivity contribution is 0.0554. The Hall–Kier alpha value is -3.95. The molecule has 5 rings (SSSR count). The lowest BCUT2D eigenvalue weighted by Crippen LogP contribution is -2.29. The molecule has 0 radical (unpaired) electrons. The molecule has 0 saturated carbocycles. The van der Waals surface area contributed by atoms with Crippen molar-refractivity contribution in [2.75, 3.05) is 11.5 Å². The summed E-state index contributed by atoms with van der Waals surface area (Å²) in [5.41, 5.74) is 0.869. The number of nitrogens with zero attached hydrogens (tertiary/aromatic N) is 2. The number of esters is 1. The van der Waals surface area contributed by atoms with Crippen LogP contribution in [0.3, 0.4) is 0 Å². The zero-order chi connectivity index (χ0) is 24.9. The molecule has 0 aliphatic carbocycles. The van der Waals surface area contributed by atoms with E-state index < -0.39 is 23.3 Å². The maximum atomic E-state index is 13.6. The van der Waals surface area contributed by atoms with Gasteiger partial charge in [0.1, 0.15) is 22.8 Å². The van der Waals surface area contributed by atoms with E-state index in [-0.39, 0.29) is 44.7 Å². The SMILES string of the molecule is C=CCOC(=O)c1sc(N2C(=O)c3oc4ccc(Cl)cc4c(=O)c3C2c2ccc(O)cc2)nc1C. The maximum Gasteiger partial charge on any atom is 0.350 e. The van der Waals surface area contributed by atoms with Gasteiger partial charge in [-0.2, -0.15) is 0 Å². The van der Waals surface area contributed by atoms with Crippen LogP contribution in [0.1, 0.15) is 43.1 Å². The Morgan fingerprint density at radius 2 is 2.03 bits per heavy atom. The number of phenolic OH excluding ortho intramolecular Hbond substituents is 1. The summed E-state index contributed by atoms with van der Waals surface area (Å²) in [7, 11) is 0. The van der Waals surface area contributed by atoms with Gasteiger partial charge in [-0.05, 0) is 42.8 Å². The molecule has 2 aromatic heterocycles. The molecule has 35 heavy (non-hydrogen) atoms. The summed E-state index contributed by atoms with van der Waals surface area (Å²) < 4.78 is 11.0. The van der Waals surface area contributed by atoms with Gasteiger partial charge >= 0.3 is 5.97 Å². The Morgan fingerprint density at radius 1 is 1.29 bits per heavy atom. The molecule has 2 aromatic carbocycles. The minimum atomic E-state index is -0.902. The summed E-state index contributed by atoms with van der Waals surface area (Å²) in [4.78, 5) is 45.7. The third-order valence-electron chi connectivity index (χ3n) is 5.55. The van der Waals surface area contributed by atoms with Gasteiger partial charge in [0.2, 0.25) is 5.76 Å². The summed E-state index contributed by atoms with van der Waals surface area (Å²) in [6.45, 7) is 5.19. The Balaban J connectivity index is 1.72. The maximum absolute atomic E-state index is 13.6. The zero-order valence-electron chi connectivity index (χ0n) is 18.3. The fourth-order valence-corrected chi connectivity index (χ4v) is 5.15. The largest absolute Gasteiger partial charge is 0.508 e. The number of carbonyl (C=O) groups excluding carboxylic acids is 2. The molecule has 8 nitrogen and oxygen atoms in total. The van der Waals surface area contributed by atoms with Gasteiger partial charge in [0.15, 0.2) is 10.6 Å². The molecule has 176 valence electrons. The molecule has 3 heterocycles. The Bertz CT molecular complexity index is 1570. The highest BCUT2D eigenvalue weighted by atomic mass is 35.5. The molecular weight excluding hydrogens is 492 g/mol. The first kappa shape index (κ1) is 22.8. The highest BCUT2D eigenvalue weighted by Gasteiger charge is 2.45. The van der Waals surface area contributed by atoms with Crippen molar-refractivity contribution >= 4 is 50.9 Å². The normalized spacial score (nSPS) is 14.9. The van der Waals surface area contributed by atoms with Crippen LogP contribution in [0, 0.1) is 6.92 Å². The van der Waals surface area contributed by atoms with E-state index in [2.05, 4.69) is 11.6 Å². The monoisotopic (exact) mass is 508 g/mol. The van der Waals surface area contributed by atoms with E-state index >= 15 is 0 Å². The van der Waals surface area contributed by atoms with Gasteiger partial charge in [-0.25, -0.2) is 9.78 Å². The van der Waals surface area contributed by atoms with Crippen LogP contribution in [0.25, 0.3) is 11.0 Å². The van der Waals surface area contributed by atoms with Crippen molar-refractivity contribution < 1.29 is 23.8 Å². The lowest BCUT2D eigenvalue weighted by atomic mass is 9.98. The van der Waals surface area contributed by atoms with Crippen LogP contribution in [0.5, 0.6) is 5.75 Å². The van der Waals surface area contributed by atoms with Crippen molar-refractivity contribution in [1.29, 1.82) is 0 Å². The van der Waals surface area contributed by atoms with Crippen molar-refractivity contribution in [3.63, 3.8) is 0 Å². The van der Waals surface area contributed by atoms with Gasteiger partial charge in [0, 0.05) is 5.02 Å². The van der Waals surface area contributed by atoms with E-state index in [4.69, 9.17) is 20.8 Å². The van der Waals surface area contributed by atoms with Crippen molar-refractivity contribution in [2.24, 2.45) is 0 Å². The van der Waals surface area contributed by atoms with Crippen molar-refractivity contribution in [2.45, 2.75) is 13.0 Å². The number of phenols is 1.